The Morgan fingerprint density at radius 2 is 1.77 bits per heavy atom. The molecule has 0 unspecified atom stereocenters. The molecule has 4 nitrogen and oxygen atoms in total. The first-order chi connectivity index (χ1) is 9.20. The van der Waals surface area contributed by atoms with Crippen molar-refractivity contribution in [2.24, 2.45) is 11.1 Å². The molecular weight excluding hydrogens is 321 g/mol. The third kappa shape index (κ3) is 7.99. The summed E-state index contributed by atoms with van der Waals surface area (Å²) >= 11 is 0. The lowest BCUT2D eigenvalue weighted by Crippen LogP contribution is -2.48. The molecule has 0 radical (unpaired) electrons. The first-order valence-corrected chi connectivity index (χ1v) is 6.96. The molecule has 128 valence electrons. The summed E-state index contributed by atoms with van der Waals surface area (Å²) in [6.45, 7) is 7.31. The van der Waals surface area contributed by atoms with E-state index in [2.05, 4.69) is 22.3 Å². The van der Waals surface area contributed by atoms with E-state index in [-0.39, 0.29) is 36.1 Å². The second-order valence-electron chi connectivity index (χ2n) is 6.62. The van der Waals surface area contributed by atoms with Crippen LogP contribution in [-0.4, -0.2) is 30.9 Å². The molecule has 0 heterocycles. The molecule has 0 saturated heterocycles. The van der Waals surface area contributed by atoms with E-state index in [1.54, 1.807) is 0 Å². The SMILES string of the molecule is CN(C)Cc1cccc(CNC(=O)[C@@H](N)C(C)(C)C)c1.Cl.Cl. The molecular formula is C16H29Cl2N3O. The van der Waals surface area contributed by atoms with Crippen LogP contribution in [0.4, 0.5) is 0 Å². The molecule has 0 bridgehead atoms. The van der Waals surface area contributed by atoms with Gasteiger partial charge in [-0.1, -0.05) is 45.0 Å². The van der Waals surface area contributed by atoms with E-state index in [1.807, 2.05) is 47.0 Å². The fourth-order valence-corrected chi connectivity index (χ4v) is 1.90. The Labute approximate surface area is 146 Å². The standard InChI is InChI=1S/C16H27N3O.2ClH/c1-16(2,3)14(17)15(20)18-10-12-7-6-8-13(9-12)11-19(4)5;;/h6-9,14H,10-11,17H2,1-5H3,(H,18,20);2*1H/t14-;;/m1../s1. The van der Waals surface area contributed by atoms with Gasteiger partial charge in [-0.05, 0) is 30.6 Å². The van der Waals surface area contributed by atoms with Crippen molar-refractivity contribution in [2.45, 2.75) is 39.9 Å². The molecule has 1 rings (SSSR count). The number of carbonyl (C=O) groups excluding carboxylic acids is 1. The lowest BCUT2D eigenvalue weighted by molar-refractivity contribution is -0.124. The Bertz CT molecular complexity index is 459. The van der Waals surface area contributed by atoms with E-state index < -0.39 is 6.04 Å². The van der Waals surface area contributed by atoms with Crippen molar-refractivity contribution in [3.63, 3.8) is 0 Å². The molecule has 0 fully saturated rings. The zero-order valence-corrected chi connectivity index (χ0v) is 15.7. The van der Waals surface area contributed by atoms with Gasteiger partial charge in [-0.2, -0.15) is 0 Å². The topological polar surface area (TPSA) is 58.4 Å². The molecule has 1 aromatic rings. The Morgan fingerprint density at radius 1 is 1.23 bits per heavy atom. The van der Waals surface area contributed by atoms with Gasteiger partial charge in [0.05, 0.1) is 6.04 Å². The minimum atomic E-state index is -0.493. The van der Waals surface area contributed by atoms with Gasteiger partial charge in [0.2, 0.25) is 5.91 Å². The van der Waals surface area contributed by atoms with Gasteiger partial charge < -0.3 is 16.0 Å². The van der Waals surface area contributed by atoms with Gasteiger partial charge in [-0.15, -0.1) is 24.8 Å². The maximum Gasteiger partial charge on any atom is 0.237 e. The second-order valence-corrected chi connectivity index (χ2v) is 6.62. The minimum Gasteiger partial charge on any atom is -0.351 e. The number of halogens is 2. The van der Waals surface area contributed by atoms with Gasteiger partial charge in [0, 0.05) is 13.1 Å². The van der Waals surface area contributed by atoms with Crippen molar-refractivity contribution in [3.8, 4) is 0 Å². The number of hydrogen-bond acceptors (Lipinski definition) is 3. The lowest BCUT2D eigenvalue weighted by Gasteiger charge is -2.25. The quantitative estimate of drug-likeness (QED) is 0.858. The zero-order chi connectivity index (χ0) is 15.3. The summed E-state index contributed by atoms with van der Waals surface area (Å²) in [5, 5.41) is 2.91. The maximum atomic E-state index is 12.0. The fourth-order valence-electron chi connectivity index (χ4n) is 1.90. The van der Waals surface area contributed by atoms with E-state index in [9.17, 15) is 4.79 Å². The summed E-state index contributed by atoms with van der Waals surface area (Å²) in [7, 11) is 4.08. The monoisotopic (exact) mass is 349 g/mol. The van der Waals surface area contributed by atoms with Crippen LogP contribution >= 0.6 is 24.8 Å². The molecule has 6 heteroatoms. The Hall–Kier alpha value is -0.810. The summed E-state index contributed by atoms with van der Waals surface area (Å²) < 4.78 is 0. The molecule has 1 atom stereocenters. The van der Waals surface area contributed by atoms with E-state index in [0.717, 1.165) is 12.1 Å². The first kappa shape index (κ1) is 23.5. The van der Waals surface area contributed by atoms with E-state index in [4.69, 9.17) is 5.73 Å². The molecule has 0 aliphatic rings. The van der Waals surface area contributed by atoms with Crippen molar-refractivity contribution in [1.82, 2.24) is 10.2 Å². The van der Waals surface area contributed by atoms with Crippen molar-refractivity contribution in [2.75, 3.05) is 14.1 Å². The number of amides is 1. The summed E-state index contributed by atoms with van der Waals surface area (Å²) in [6, 6.07) is 7.74. The second kappa shape index (κ2) is 10.1. The van der Waals surface area contributed by atoms with Crippen molar-refractivity contribution >= 4 is 30.7 Å². The molecule has 0 spiro atoms. The van der Waals surface area contributed by atoms with Crippen LogP contribution in [-0.2, 0) is 17.9 Å². The predicted molar refractivity (Wildman–Crippen MR) is 97.6 cm³/mol. The molecule has 0 aromatic heterocycles. The number of benzene rings is 1. The van der Waals surface area contributed by atoms with Gasteiger partial charge in [0.25, 0.3) is 0 Å². The third-order valence-electron chi connectivity index (χ3n) is 3.17. The molecule has 22 heavy (non-hydrogen) atoms. The van der Waals surface area contributed by atoms with Crippen molar-refractivity contribution < 1.29 is 4.79 Å². The Balaban J connectivity index is 0. The van der Waals surface area contributed by atoms with Crippen molar-refractivity contribution in [3.05, 3.63) is 35.4 Å². The fraction of sp³-hybridized carbons (Fsp3) is 0.562. The number of rotatable bonds is 5. The summed E-state index contributed by atoms with van der Waals surface area (Å²) in [5.41, 5.74) is 8.04. The summed E-state index contributed by atoms with van der Waals surface area (Å²) in [6.07, 6.45) is 0. The van der Waals surface area contributed by atoms with Gasteiger partial charge in [-0.25, -0.2) is 0 Å². The molecule has 0 aliphatic heterocycles. The van der Waals surface area contributed by atoms with Gasteiger partial charge in [0.1, 0.15) is 0 Å². The van der Waals surface area contributed by atoms with Crippen molar-refractivity contribution in [1.29, 1.82) is 0 Å². The van der Waals surface area contributed by atoms with Gasteiger partial charge in [0.15, 0.2) is 0 Å². The number of nitrogens with two attached hydrogens (primary N) is 1. The minimum absolute atomic E-state index is 0. The summed E-state index contributed by atoms with van der Waals surface area (Å²) in [5.74, 6) is -0.101. The number of hydrogen-bond donors (Lipinski definition) is 2. The van der Waals surface area contributed by atoms with Crippen LogP contribution in [0, 0.1) is 5.41 Å². The average molecular weight is 350 g/mol. The predicted octanol–water partition coefficient (Wildman–Crippen LogP) is 2.58. The van der Waals surface area contributed by atoms with Gasteiger partial charge >= 0.3 is 0 Å². The highest BCUT2D eigenvalue weighted by Gasteiger charge is 2.26. The highest BCUT2D eigenvalue weighted by atomic mass is 35.5. The van der Waals surface area contributed by atoms with Gasteiger partial charge in [-0.3, -0.25) is 4.79 Å². The smallest absolute Gasteiger partial charge is 0.237 e. The number of nitrogens with zero attached hydrogens (tertiary/aromatic N) is 1. The normalized spacial score (nSPS) is 12.1. The largest absolute Gasteiger partial charge is 0.351 e. The molecule has 0 saturated carbocycles. The van der Waals surface area contributed by atoms with Crippen LogP contribution < -0.4 is 11.1 Å². The maximum absolute atomic E-state index is 12.0. The summed E-state index contributed by atoms with van der Waals surface area (Å²) in [4.78, 5) is 14.1. The van der Waals surface area contributed by atoms with E-state index in [0.29, 0.717) is 6.54 Å². The zero-order valence-electron chi connectivity index (χ0n) is 14.1. The van der Waals surface area contributed by atoms with Crippen LogP contribution in [0.5, 0.6) is 0 Å². The highest BCUT2D eigenvalue weighted by Crippen LogP contribution is 2.17. The molecule has 0 aliphatic carbocycles. The lowest BCUT2D eigenvalue weighted by atomic mass is 9.87. The van der Waals surface area contributed by atoms with E-state index in [1.165, 1.54) is 5.56 Å². The van der Waals surface area contributed by atoms with Crippen LogP contribution in [0.2, 0.25) is 0 Å². The molecule has 1 amide bonds. The third-order valence-corrected chi connectivity index (χ3v) is 3.17. The molecule has 1 aromatic carbocycles. The average Bonchev–Trinajstić information content (AvgIpc) is 2.33. The van der Waals surface area contributed by atoms with Crippen LogP contribution in [0.25, 0.3) is 0 Å². The Morgan fingerprint density at radius 3 is 2.27 bits per heavy atom. The van der Waals surface area contributed by atoms with Crippen LogP contribution in [0.1, 0.15) is 31.9 Å². The molecule has 3 N–H and O–H groups in total. The van der Waals surface area contributed by atoms with E-state index >= 15 is 0 Å². The number of nitrogens with one attached hydrogen (secondary N) is 1. The first-order valence-electron chi connectivity index (χ1n) is 6.96. The van der Waals surface area contributed by atoms with Crippen LogP contribution in [0.15, 0.2) is 24.3 Å². The highest BCUT2D eigenvalue weighted by molar-refractivity contribution is 5.85. The number of carbonyl (C=O) groups is 1. The Kier molecular flexibility index (Phi) is 10.7. The van der Waals surface area contributed by atoms with Crippen LogP contribution in [0.3, 0.4) is 0 Å².